The Kier molecular flexibility index (Phi) is 5.21. The summed E-state index contributed by atoms with van der Waals surface area (Å²) >= 11 is 0. The molecule has 3 rings (SSSR count). The Labute approximate surface area is 145 Å². The van der Waals surface area contributed by atoms with Gasteiger partial charge in [0, 0.05) is 6.21 Å². The zero-order valence-corrected chi connectivity index (χ0v) is 13.5. The molecule has 2 aromatic rings. The molecule has 0 radical (unpaired) electrons. The van der Waals surface area contributed by atoms with Gasteiger partial charge in [0.2, 0.25) is 0 Å². The second-order valence-corrected chi connectivity index (χ2v) is 5.32. The van der Waals surface area contributed by atoms with Crippen LogP contribution in [0.4, 0.5) is 5.69 Å². The van der Waals surface area contributed by atoms with Gasteiger partial charge in [-0.1, -0.05) is 48.5 Å². The minimum Gasteiger partial charge on any atom is -0.482 e. The van der Waals surface area contributed by atoms with E-state index in [0.717, 1.165) is 5.56 Å². The summed E-state index contributed by atoms with van der Waals surface area (Å²) in [5.41, 5.74) is 4.03. The van der Waals surface area contributed by atoms with Crippen molar-refractivity contribution in [1.82, 2.24) is 5.43 Å². The lowest BCUT2D eigenvalue weighted by molar-refractivity contribution is -0.125. The summed E-state index contributed by atoms with van der Waals surface area (Å²) < 4.78 is 5.34. The number of hydrazone groups is 1. The second-order valence-electron chi connectivity index (χ2n) is 5.32. The van der Waals surface area contributed by atoms with Gasteiger partial charge in [0.1, 0.15) is 12.3 Å². The van der Waals surface area contributed by atoms with E-state index in [0.29, 0.717) is 11.4 Å². The van der Waals surface area contributed by atoms with Crippen molar-refractivity contribution in [3.05, 3.63) is 66.2 Å². The summed E-state index contributed by atoms with van der Waals surface area (Å²) in [4.78, 5) is 25.4. The van der Waals surface area contributed by atoms with E-state index < -0.39 is 0 Å². The molecular weight excluding hydrogens is 318 g/mol. The fourth-order valence-electron chi connectivity index (χ4n) is 2.38. The number of para-hydroxylation sites is 2. The number of hydrogen-bond acceptors (Lipinski definition) is 4. The molecule has 6 nitrogen and oxygen atoms in total. The van der Waals surface area contributed by atoms with E-state index in [9.17, 15) is 9.59 Å². The first-order valence-corrected chi connectivity index (χ1v) is 7.80. The monoisotopic (exact) mass is 335 g/mol. The Morgan fingerprint density at radius 3 is 2.76 bits per heavy atom. The number of rotatable bonds is 5. The number of hydrogen-bond donors (Lipinski definition) is 1. The Morgan fingerprint density at radius 2 is 1.92 bits per heavy atom. The van der Waals surface area contributed by atoms with Crippen LogP contribution >= 0.6 is 0 Å². The van der Waals surface area contributed by atoms with Crippen molar-refractivity contribution in [3.8, 4) is 5.75 Å². The molecule has 1 aliphatic rings. The molecule has 0 unspecified atom stereocenters. The first kappa shape index (κ1) is 16.4. The molecule has 0 fully saturated rings. The van der Waals surface area contributed by atoms with Crippen LogP contribution in [0.1, 0.15) is 5.56 Å². The molecule has 0 spiro atoms. The average molecular weight is 335 g/mol. The first-order valence-electron chi connectivity index (χ1n) is 7.80. The summed E-state index contributed by atoms with van der Waals surface area (Å²) in [6.07, 6.45) is 5.09. The molecule has 0 aliphatic carbocycles. The lowest BCUT2D eigenvalue weighted by atomic mass is 10.2. The topological polar surface area (TPSA) is 71.0 Å². The first-order chi connectivity index (χ1) is 12.2. The van der Waals surface area contributed by atoms with E-state index in [1.54, 1.807) is 24.3 Å². The fraction of sp³-hybridized carbons (Fsp3) is 0.105. The average Bonchev–Trinajstić information content (AvgIpc) is 2.65. The van der Waals surface area contributed by atoms with Gasteiger partial charge in [-0.05, 0) is 23.8 Å². The maximum atomic E-state index is 12.0. The highest BCUT2D eigenvalue weighted by Gasteiger charge is 2.26. The predicted octanol–water partition coefficient (Wildman–Crippen LogP) is 2.23. The van der Waals surface area contributed by atoms with Crippen LogP contribution in [0.2, 0.25) is 0 Å². The predicted molar refractivity (Wildman–Crippen MR) is 96.4 cm³/mol. The van der Waals surface area contributed by atoms with Crippen LogP contribution in [0.3, 0.4) is 0 Å². The molecule has 0 atom stereocenters. The van der Waals surface area contributed by atoms with Crippen molar-refractivity contribution in [2.45, 2.75) is 0 Å². The van der Waals surface area contributed by atoms with Crippen molar-refractivity contribution >= 4 is 29.8 Å². The number of benzene rings is 2. The number of allylic oxidation sites excluding steroid dienone is 1. The standard InChI is InChI=1S/C19H17N3O3/c23-18(21-20-12-6-9-15-7-2-1-3-8-15)13-22-16-10-4-5-11-17(16)25-14-19(22)24/h1-12H,13-14H2,(H,21,23)/b9-6+,20-12-. The maximum absolute atomic E-state index is 12.0. The highest BCUT2D eigenvalue weighted by molar-refractivity contribution is 6.02. The van der Waals surface area contributed by atoms with Gasteiger partial charge in [-0.2, -0.15) is 5.10 Å². The molecule has 0 bridgehead atoms. The van der Waals surface area contributed by atoms with Crippen LogP contribution in [0.5, 0.6) is 5.75 Å². The molecule has 126 valence electrons. The molecule has 25 heavy (non-hydrogen) atoms. The Morgan fingerprint density at radius 1 is 1.16 bits per heavy atom. The molecular formula is C19H17N3O3. The summed E-state index contributed by atoms with van der Waals surface area (Å²) in [6.45, 7) is -0.188. The number of ether oxygens (including phenoxy) is 1. The second kappa shape index (κ2) is 7.92. The van der Waals surface area contributed by atoms with E-state index in [1.165, 1.54) is 11.1 Å². The summed E-state index contributed by atoms with van der Waals surface area (Å²) in [5, 5.41) is 3.85. The zero-order chi connectivity index (χ0) is 17.5. The molecule has 2 amide bonds. The number of fused-ring (bicyclic) bond motifs is 1. The normalized spacial score (nSPS) is 13.8. The molecule has 1 N–H and O–H groups in total. The van der Waals surface area contributed by atoms with E-state index in [-0.39, 0.29) is 25.0 Å². The van der Waals surface area contributed by atoms with Crippen LogP contribution in [0, 0.1) is 0 Å². The van der Waals surface area contributed by atoms with Gasteiger partial charge in [-0.25, -0.2) is 5.43 Å². The van der Waals surface area contributed by atoms with Crippen molar-refractivity contribution in [3.63, 3.8) is 0 Å². The van der Waals surface area contributed by atoms with Crippen molar-refractivity contribution in [2.24, 2.45) is 5.10 Å². The smallest absolute Gasteiger partial charge is 0.265 e. The van der Waals surface area contributed by atoms with Crippen LogP contribution in [-0.4, -0.2) is 31.2 Å². The SMILES string of the molecule is O=C(CN1C(=O)COc2ccccc21)N/N=C\C=C\c1ccccc1. The Bertz CT molecular complexity index is 816. The molecule has 1 heterocycles. The van der Waals surface area contributed by atoms with Gasteiger partial charge in [-0.3, -0.25) is 14.5 Å². The highest BCUT2D eigenvalue weighted by atomic mass is 16.5. The molecule has 2 aromatic carbocycles. The summed E-state index contributed by atoms with van der Waals surface area (Å²) in [7, 11) is 0. The molecule has 1 aliphatic heterocycles. The third kappa shape index (κ3) is 4.32. The van der Waals surface area contributed by atoms with Crippen LogP contribution in [-0.2, 0) is 9.59 Å². The quantitative estimate of drug-likeness (QED) is 0.673. The van der Waals surface area contributed by atoms with Crippen LogP contribution in [0.15, 0.2) is 65.8 Å². The van der Waals surface area contributed by atoms with Gasteiger partial charge < -0.3 is 4.74 Å². The summed E-state index contributed by atoms with van der Waals surface area (Å²) in [5.74, 6) is -0.0552. The van der Waals surface area contributed by atoms with E-state index >= 15 is 0 Å². The minimum absolute atomic E-state index is 0.0760. The van der Waals surface area contributed by atoms with Crippen LogP contribution < -0.4 is 15.1 Å². The third-order valence-electron chi connectivity index (χ3n) is 3.55. The largest absolute Gasteiger partial charge is 0.482 e. The number of nitrogens with one attached hydrogen (secondary N) is 1. The summed E-state index contributed by atoms with van der Waals surface area (Å²) in [6, 6.07) is 16.9. The third-order valence-corrected chi connectivity index (χ3v) is 3.55. The number of carbonyl (C=O) groups is 2. The van der Waals surface area contributed by atoms with Crippen molar-refractivity contribution in [1.29, 1.82) is 0 Å². The zero-order valence-electron chi connectivity index (χ0n) is 13.5. The number of carbonyl (C=O) groups excluding carboxylic acids is 2. The molecule has 6 heteroatoms. The number of amides is 2. The fourth-order valence-corrected chi connectivity index (χ4v) is 2.38. The number of nitrogens with zero attached hydrogens (tertiary/aromatic N) is 2. The van der Waals surface area contributed by atoms with E-state index in [1.807, 2.05) is 42.5 Å². The maximum Gasteiger partial charge on any atom is 0.265 e. The lowest BCUT2D eigenvalue weighted by Gasteiger charge is -2.28. The van der Waals surface area contributed by atoms with Gasteiger partial charge in [0.25, 0.3) is 11.8 Å². The van der Waals surface area contributed by atoms with Gasteiger partial charge >= 0.3 is 0 Å². The minimum atomic E-state index is -0.380. The van der Waals surface area contributed by atoms with E-state index in [4.69, 9.17) is 4.74 Å². The highest BCUT2D eigenvalue weighted by Crippen LogP contribution is 2.31. The molecule has 0 aromatic heterocycles. The van der Waals surface area contributed by atoms with Crippen LogP contribution in [0.25, 0.3) is 6.08 Å². The Hall–Kier alpha value is -3.41. The molecule has 0 saturated carbocycles. The van der Waals surface area contributed by atoms with Gasteiger partial charge in [0.15, 0.2) is 6.61 Å². The Balaban J connectivity index is 1.55. The van der Waals surface area contributed by atoms with Gasteiger partial charge in [0.05, 0.1) is 5.69 Å². The number of anilines is 1. The molecule has 0 saturated heterocycles. The van der Waals surface area contributed by atoms with E-state index in [2.05, 4.69) is 10.5 Å². The lowest BCUT2D eigenvalue weighted by Crippen LogP contribution is -2.44. The van der Waals surface area contributed by atoms with Crippen molar-refractivity contribution < 1.29 is 14.3 Å². The van der Waals surface area contributed by atoms with Gasteiger partial charge in [-0.15, -0.1) is 0 Å². The van der Waals surface area contributed by atoms with Crippen molar-refractivity contribution in [2.75, 3.05) is 18.1 Å².